The van der Waals surface area contributed by atoms with Crippen LogP contribution in [0.1, 0.15) is 51.0 Å². The number of carboxylic acid groups (broad SMARTS) is 1. The van der Waals surface area contributed by atoms with Crippen molar-refractivity contribution in [1.29, 1.82) is 5.26 Å². The van der Waals surface area contributed by atoms with Gasteiger partial charge in [-0.3, -0.25) is 4.79 Å². The second-order valence-electron chi connectivity index (χ2n) is 4.45. The van der Waals surface area contributed by atoms with Crippen LogP contribution in [0, 0.1) is 11.3 Å². The molecular formula is C15H19Br2NO3. The molecule has 4 nitrogen and oxygen atoms in total. The van der Waals surface area contributed by atoms with Crippen molar-refractivity contribution in [1.82, 2.24) is 0 Å². The third kappa shape index (κ3) is 9.48. The summed E-state index contributed by atoms with van der Waals surface area (Å²) in [7, 11) is 0. The van der Waals surface area contributed by atoms with Gasteiger partial charge in [-0.05, 0) is 50.4 Å². The number of carboxylic acids is 1. The van der Waals surface area contributed by atoms with Crippen LogP contribution in [-0.2, 0) is 4.79 Å². The zero-order chi connectivity index (χ0) is 16.3. The second-order valence-corrected chi connectivity index (χ2v) is 6.16. The predicted molar refractivity (Wildman–Crippen MR) is 89.2 cm³/mol. The predicted octanol–water partition coefficient (Wildman–Crippen LogP) is 5.22. The third-order valence-corrected chi connectivity index (χ3v) is 3.88. The molecule has 0 aliphatic rings. The molecule has 2 N–H and O–H groups in total. The third-order valence-electron chi connectivity index (χ3n) is 2.63. The number of phenols is 1. The molecule has 0 saturated carbocycles. The van der Waals surface area contributed by atoms with Gasteiger partial charge in [0.05, 0.1) is 5.56 Å². The van der Waals surface area contributed by atoms with Gasteiger partial charge in [-0.15, -0.1) is 0 Å². The summed E-state index contributed by atoms with van der Waals surface area (Å²) in [5.41, 5.74) is 0.489. The summed E-state index contributed by atoms with van der Waals surface area (Å²) in [6.07, 6.45) is 5.88. The summed E-state index contributed by atoms with van der Waals surface area (Å²) in [6, 6.07) is 4.94. The number of aliphatic carboxylic acids is 1. The van der Waals surface area contributed by atoms with E-state index in [2.05, 4.69) is 38.8 Å². The van der Waals surface area contributed by atoms with E-state index in [1.165, 1.54) is 31.4 Å². The number of phenolic OH excluding ortho intramolecular Hbond substituents is 1. The molecule has 0 aliphatic carbocycles. The molecule has 0 spiro atoms. The van der Waals surface area contributed by atoms with E-state index >= 15 is 0 Å². The van der Waals surface area contributed by atoms with Gasteiger partial charge in [0.1, 0.15) is 11.8 Å². The van der Waals surface area contributed by atoms with Gasteiger partial charge in [-0.2, -0.15) is 5.26 Å². The lowest BCUT2D eigenvalue weighted by atomic mass is 10.1. The highest BCUT2D eigenvalue weighted by Crippen LogP contribution is 2.29. The highest BCUT2D eigenvalue weighted by atomic mass is 79.9. The van der Waals surface area contributed by atoms with Crippen LogP contribution in [0.5, 0.6) is 5.75 Å². The summed E-state index contributed by atoms with van der Waals surface area (Å²) in [6.45, 7) is 2.15. The summed E-state index contributed by atoms with van der Waals surface area (Å²) in [5, 5.41) is 25.9. The number of aromatic hydroxyl groups is 1. The Bertz CT molecular complexity index is 475. The highest BCUT2D eigenvalue weighted by Gasteiger charge is 2.05. The van der Waals surface area contributed by atoms with Crippen LogP contribution in [0.15, 0.2) is 21.1 Å². The fourth-order valence-corrected chi connectivity index (χ4v) is 2.89. The number of hydrogen-bond donors (Lipinski definition) is 2. The largest absolute Gasteiger partial charge is 0.508 e. The highest BCUT2D eigenvalue weighted by molar-refractivity contribution is 9.11. The molecule has 0 atom stereocenters. The monoisotopic (exact) mass is 419 g/mol. The lowest BCUT2D eigenvalue weighted by Crippen LogP contribution is -1.93. The number of nitrogens with zero attached hydrogens (tertiary/aromatic N) is 1. The van der Waals surface area contributed by atoms with Gasteiger partial charge in [-0.25, -0.2) is 0 Å². The number of hydrogen-bond acceptors (Lipinski definition) is 3. The van der Waals surface area contributed by atoms with E-state index in [1.807, 2.05) is 6.07 Å². The first-order valence-corrected chi connectivity index (χ1v) is 8.30. The van der Waals surface area contributed by atoms with Crippen LogP contribution in [0.2, 0.25) is 0 Å². The Balaban J connectivity index is 0.000000384. The minimum Gasteiger partial charge on any atom is -0.508 e. The molecule has 0 fully saturated rings. The quantitative estimate of drug-likeness (QED) is 0.618. The second kappa shape index (κ2) is 11.6. The van der Waals surface area contributed by atoms with Gasteiger partial charge >= 0.3 is 5.97 Å². The summed E-state index contributed by atoms with van der Waals surface area (Å²) < 4.78 is 1.18. The lowest BCUT2D eigenvalue weighted by molar-refractivity contribution is -0.137. The van der Waals surface area contributed by atoms with Crippen molar-refractivity contribution in [3.05, 3.63) is 26.6 Å². The summed E-state index contributed by atoms with van der Waals surface area (Å²) >= 11 is 6.29. The van der Waals surface area contributed by atoms with Crippen molar-refractivity contribution in [2.75, 3.05) is 0 Å². The van der Waals surface area contributed by atoms with Crippen molar-refractivity contribution >= 4 is 37.8 Å². The van der Waals surface area contributed by atoms with Crippen LogP contribution < -0.4 is 0 Å². The number of halogens is 2. The number of benzene rings is 1. The van der Waals surface area contributed by atoms with Gasteiger partial charge in [0.25, 0.3) is 0 Å². The Labute approximate surface area is 142 Å². The summed E-state index contributed by atoms with van der Waals surface area (Å²) in [5.74, 6) is -0.542. The van der Waals surface area contributed by atoms with Crippen LogP contribution in [0.25, 0.3) is 0 Å². The van der Waals surface area contributed by atoms with Crippen LogP contribution in [0.4, 0.5) is 0 Å². The number of nitriles is 1. The van der Waals surface area contributed by atoms with Gasteiger partial charge in [-0.1, -0.05) is 32.6 Å². The maximum absolute atomic E-state index is 10.0. The molecule has 21 heavy (non-hydrogen) atoms. The van der Waals surface area contributed by atoms with Gasteiger partial charge in [0.15, 0.2) is 0 Å². The van der Waals surface area contributed by atoms with Crippen molar-refractivity contribution < 1.29 is 15.0 Å². The van der Waals surface area contributed by atoms with Crippen LogP contribution in [-0.4, -0.2) is 16.2 Å². The molecule has 0 bridgehead atoms. The SMILES string of the molecule is CCCCCCCC(=O)O.N#Cc1c(Br)cc(O)cc1Br. The Morgan fingerprint density at radius 3 is 2.14 bits per heavy atom. The Morgan fingerprint density at radius 1 is 1.19 bits per heavy atom. The molecule has 0 aromatic heterocycles. The normalized spacial score (nSPS) is 9.43. The maximum atomic E-state index is 10.0. The minimum absolute atomic E-state index is 0.128. The van der Waals surface area contributed by atoms with Crippen molar-refractivity contribution in [3.8, 4) is 11.8 Å². The standard InChI is InChI=1S/C8H16O2.C7H3Br2NO/c1-2-3-4-5-6-7-8(9)10;8-6-1-4(11)2-7(9)5(6)3-10/h2-7H2,1H3,(H,9,10);1-2,11H. The molecule has 0 amide bonds. The topological polar surface area (TPSA) is 81.3 Å². The van der Waals surface area contributed by atoms with E-state index in [4.69, 9.17) is 15.5 Å². The van der Waals surface area contributed by atoms with E-state index in [-0.39, 0.29) is 5.75 Å². The number of unbranched alkanes of at least 4 members (excludes halogenated alkanes) is 4. The molecule has 0 aliphatic heterocycles. The van der Waals surface area contributed by atoms with E-state index in [0.29, 0.717) is 20.9 Å². The minimum atomic E-state index is -0.670. The first-order chi connectivity index (χ1) is 9.92. The zero-order valence-electron chi connectivity index (χ0n) is 11.9. The average molecular weight is 421 g/mol. The molecule has 0 radical (unpaired) electrons. The van der Waals surface area contributed by atoms with E-state index in [9.17, 15) is 4.79 Å². The molecule has 1 aromatic rings. The molecule has 1 aromatic carbocycles. The van der Waals surface area contributed by atoms with Gasteiger partial charge < -0.3 is 10.2 Å². The van der Waals surface area contributed by atoms with Gasteiger partial charge in [0.2, 0.25) is 0 Å². The molecule has 6 heteroatoms. The molecule has 0 saturated heterocycles. The van der Waals surface area contributed by atoms with Gasteiger partial charge in [0, 0.05) is 15.4 Å². The fraction of sp³-hybridized carbons (Fsp3) is 0.467. The van der Waals surface area contributed by atoms with Crippen molar-refractivity contribution in [3.63, 3.8) is 0 Å². The average Bonchev–Trinajstić information content (AvgIpc) is 2.38. The van der Waals surface area contributed by atoms with Crippen LogP contribution >= 0.6 is 31.9 Å². The molecule has 0 heterocycles. The Hall–Kier alpha value is -1.06. The van der Waals surface area contributed by atoms with Crippen molar-refractivity contribution in [2.45, 2.75) is 45.4 Å². The first kappa shape index (κ1) is 19.9. The maximum Gasteiger partial charge on any atom is 0.303 e. The Kier molecular flexibility index (Phi) is 11.0. The molecule has 0 unspecified atom stereocenters. The van der Waals surface area contributed by atoms with E-state index in [0.717, 1.165) is 12.8 Å². The number of rotatable bonds is 6. The first-order valence-electron chi connectivity index (χ1n) is 6.72. The zero-order valence-corrected chi connectivity index (χ0v) is 15.1. The van der Waals surface area contributed by atoms with Crippen LogP contribution in [0.3, 0.4) is 0 Å². The number of carbonyl (C=O) groups is 1. The van der Waals surface area contributed by atoms with E-state index < -0.39 is 5.97 Å². The lowest BCUT2D eigenvalue weighted by Gasteiger charge is -1.98. The Morgan fingerprint density at radius 2 is 1.71 bits per heavy atom. The smallest absolute Gasteiger partial charge is 0.303 e. The van der Waals surface area contributed by atoms with E-state index in [1.54, 1.807) is 0 Å². The summed E-state index contributed by atoms with van der Waals surface area (Å²) in [4.78, 5) is 10.0. The molecule has 116 valence electrons. The fourth-order valence-electron chi connectivity index (χ4n) is 1.55. The molecular weight excluding hydrogens is 402 g/mol. The van der Waals surface area contributed by atoms with Crippen molar-refractivity contribution in [2.24, 2.45) is 0 Å². The molecule has 1 rings (SSSR count).